The van der Waals surface area contributed by atoms with Crippen LogP contribution in [0.1, 0.15) is 19.8 Å². The molecule has 112 valence electrons. The number of nitrogens with two attached hydrogens (primary N) is 1. The molecular formula is C13H18ClFN2O2S. The molecule has 1 aromatic rings. The number of hydrogen-bond acceptors (Lipinski definition) is 3. The molecule has 1 aliphatic heterocycles. The molecule has 7 heteroatoms. The van der Waals surface area contributed by atoms with E-state index < -0.39 is 15.8 Å². The van der Waals surface area contributed by atoms with Gasteiger partial charge in [-0.05, 0) is 37.0 Å². The molecule has 1 heterocycles. The second-order valence-corrected chi connectivity index (χ2v) is 7.48. The second kappa shape index (κ2) is 5.97. The van der Waals surface area contributed by atoms with E-state index in [-0.39, 0.29) is 22.5 Å². The third-order valence-corrected chi connectivity index (χ3v) is 6.11. The lowest BCUT2D eigenvalue weighted by atomic mass is 9.94. The van der Waals surface area contributed by atoms with Crippen molar-refractivity contribution in [3.05, 3.63) is 29.0 Å². The fourth-order valence-corrected chi connectivity index (χ4v) is 4.74. The van der Waals surface area contributed by atoms with Crippen molar-refractivity contribution in [3.63, 3.8) is 0 Å². The highest BCUT2D eigenvalue weighted by Crippen LogP contribution is 2.31. The summed E-state index contributed by atoms with van der Waals surface area (Å²) in [4.78, 5) is -0.0615. The maximum atomic E-state index is 13.1. The largest absolute Gasteiger partial charge is 0.329 e. The zero-order chi connectivity index (χ0) is 14.9. The zero-order valence-corrected chi connectivity index (χ0v) is 12.8. The summed E-state index contributed by atoms with van der Waals surface area (Å²) in [6.45, 7) is 2.76. The van der Waals surface area contributed by atoms with E-state index in [1.165, 1.54) is 10.4 Å². The third kappa shape index (κ3) is 2.98. The number of nitrogens with zero attached hydrogens (tertiary/aromatic N) is 1. The maximum Gasteiger partial charge on any atom is 0.244 e. The number of halogens is 2. The molecule has 0 spiro atoms. The van der Waals surface area contributed by atoms with Crippen LogP contribution in [-0.2, 0) is 10.0 Å². The Bertz CT molecular complexity index is 594. The van der Waals surface area contributed by atoms with Gasteiger partial charge in [0.25, 0.3) is 0 Å². The molecule has 20 heavy (non-hydrogen) atoms. The SMILES string of the molecule is CC1CCN(S(=O)(=O)c2ccc(F)cc2Cl)C(CN)C1. The Hall–Kier alpha value is -0.690. The predicted molar refractivity (Wildman–Crippen MR) is 76.5 cm³/mol. The van der Waals surface area contributed by atoms with Crippen LogP contribution in [0.3, 0.4) is 0 Å². The normalized spacial score (nSPS) is 24.8. The van der Waals surface area contributed by atoms with Crippen molar-refractivity contribution in [1.29, 1.82) is 0 Å². The van der Waals surface area contributed by atoms with Crippen molar-refractivity contribution in [2.75, 3.05) is 13.1 Å². The molecule has 0 radical (unpaired) electrons. The summed E-state index contributed by atoms with van der Waals surface area (Å²) in [6.07, 6.45) is 1.52. The van der Waals surface area contributed by atoms with E-state index in [0.717, 1.165) is 25.0 Å². The summed E-state index contributed by atoms with van der Waals surface area (Å²) < 4.78 is 39.8. The van der Waals surface area contributed by atoms with Crippen molar-refractivity contribution in [2.24, 2.45) is 11.7 Å². The van der Waals surface area contributed by atoms with Crippen LogP contribution in [0.15, 0.2) is 23.1 Å². The third-order valence-electron chi connectivity index (χ3n) is 3.68. The second-order valence-electron chi connectivity index (χ2n) is 5.21. The van der Waals surface area contributed by atoms with Gasteiger partial charge in [-0.3, -0.25) is 0 Å². The van der Waals surface area contributed by atoms with Gasteiger partial charge < -0.3 is 5.73 Å². The van der Waals surface area contributed by atoms with Gasteiger partial charge >= 0.3 is 0 Å². The number of piperidine rings is 1. The summed E-state index contributed by atoms with van der Waals surface area (Å²) >= 11 is 5.88. The Morgan fingerprint density at radius 1 is 1.50 bits per heavy atom. The molecule has 2 unspecified atom stereocenters. The predicted octanol–water partition coefficient (Wildman–Crippen LogP) is 2.23. The van der Waals surface area contributed by atoms with Gasteiger partial charge in [-0.2, -0.15) is 4.31 Å². The summed E-state index contributed by atoms with van der Waals surface area (Å²) in [5.74, 6) is -0.115. The number of rotatable bonds is 3. The number of benzene rings is 1. The molecule has 2 atom stereocenters. The van der Waals surface area contributed by atoms with Gasteiger partial charge in [0.1, 0.15) is 10.7 Å². The zero-order valence-electron chi connectivity index (χ0n) is 11.2. The van der Waals surface area contributed by atoms with E-state index in [1.54, 1.807) is 0 Å². The average Bonchev–Trinajstić information content (AvgIpc) is 2.37. The highest BCUT2D eigenvalue weighted by Gasteiger charge is 2.35. The van der Waals surface area contributed by atoms with Gasteiger partial charge in [0.05, 0.1) is 5.02 Å². The lowest BCUT2D eigenvalue weighted by molar-refractivity contribution is 0.211. The number of sulfonamides is 1. The number of hydrogen-bond donors (Lipinski definition) is 1. The van der Waals surface area contributed by atoms with Crippen LogP contribution in [0, 0.1) is 11.7 Å². The lowest BCUT2D eigenvalue weighted by Crippen LogP contribution is -2.49. The molecule has 2 N–H and O–H groups in total. The molecule has 0 bridgehead atoms. The average molecular weight is 321 g/mol. The van der Waals surface area contributed by atoms with Crippen molar-refractivity contribution in [1.82, 2.24) is 4.31 Å². The summed E-state index contributed by atoms with van der Waals surface area (Å²) in [5.41, 5.74) is 5.69. The highest BCUT2D eigenvalue weighted by molar-refractivity contribution is 7.89. The van der Waals surface area contributed by atoms with E-state index in [1.807, 2.05) is 0 Å². The molecule has 0 aromatic heterocycles. The highest BCUT2D eigenvalue weighted by atomic mass is 35.5. The quantitative estimate of drug-likeness (QED) is 0.929. The molecule has 1 fully saturated rings. The van der Waals surface area contributed by atoms with Crippen molar-refractivity contribution < 1.29 is 12.8 Å². The Morgan fingerprint density at radius 3 is 2.80 bits per heavy atom. The van der Waals surface area contributed by atoms with Crippen LogP contribution in [0.4, 0.5) is 4.39 Å². The first kappa shape index (κ1) is 15.7. The molecule has 4 nitrogen and oxygen atoms in total. The molecule has 0 amide bonds. The van der Waals surface area contributed by atoms with Gasteiger partial charge in [0, 0.05) is 19.1 Å². The lowest BCUT2D eigenvalue weighted by Gasteiger charge is -2.37. The van der Waals surface area contributed by atoms with Gasteiger partial charge in [-0.15, -0.1) is 0 Å². The van der Waals surface area contributed by atoms with Crippen LogP contribution in [-0.4, -0.2) is 31.9 Å². The minimum Gasteiger partial charge on any atom is -0.329 e. The van der Waals surface area contributed by atoms with Gasteiger partial charge in [0.2, 0.25) is 10.0 Å². The molecule has 2 rings (SSSR count). The van der Waals surface area contributed by atoms with Crippen molar-refractivity contribution >= 4 is 21.6 Å². The molecule has 0 saturated carbocycles. The van der Waals surface area contributed by atoms with E-state index in [0.29, 0.717) is 12.5 Å². The Balaban J connectivity index is 2.38. The van der Waals surface area contributed by atoms with Gasteiger partial charge in [0.15, 0.2) is 0 Å². The maximum absolute atomic E-state index is 13.1. The van der Waals surface area contributed by atoms with Crippen molar-refractivity contribution in [3.8, 4) is 0 Å². The van der Waals surface area contributed by atoms with E-state index in [9.17, 15) is 12.8 Å². The van der Waals surface area contributed by atoms with Crippen LogP contribution >= 0.6 is 11.6 Å². The van der Waals surface area contributed by atoms with E-state index >= 15 is 0 Å². The topological polar surface area (TPSA) is 63.4 Å². The minimum absolute atomic E-state index is 0.0615. The molecule has 0 aliphatic carbocycles. The van der Waals surface area contributed by atoms with E-state index in [2.05, 4.69) is 6.92 Å². The van der Waals surface area contributed by atoms with Crippen LogP contribution < -0.4 is 5.73 Å². The Labute approximate surface area is 123 Å². The first-order valence-corrected chi connectivity index (χ1v) is 8.35. The van der Waals surface area contributed by atoms with Crippen LogP contribution in [0.5, 0.6) is 0 Å². The smallest absolute Gasteiger partial charge is 0.244 e. The van der Waals surface area contributed by atoms with Gasteiger partial charge in [-0.1, -0.05) is 18.5 Å². The molecule has 1 saturated heterocycles. The standard InChI is InChI=1S/C13H18ClFN2O2S/c1-9-4-5-17(11(6-9)8-16)20(18,19)13-3-2-10(15)7-12(13)14/h2-3,7,9,11H,4-6,8,16H2,1H3. The first-order chi connectivity index (χ1) is 9.36. The van der Waals surface area contributed by atoms with Crippen LogP contribution in [0.2, 0.25) is 5.02 Å². The Kier molecular flexibility index (Phi) is 4.69. The molecule has 1 aromatic carbocycles. The minimum atomic E-state index is -3.74. The van der Waals surface area contributed by atoms with Crippen LogP contribution in [0.25, 0.3) is 0 Å². The fourth-order valence-electron chi connectivity index (χ4n) is 2.57. The first-order valence-electron chi connectivity index (χ1n) is 6.53. The fraction of sp³-hybridized carbons (Fsp3) is 0.538. The summed E-state index contributed by atoms with van der Waals surface area (Å²) in [5, 5.41) is -0.0978. The summed E-state index contributed by atoms with van der Waals surface area (Å²) in [6, 6.07) is 3.09. The molecular weight excluding hydrogens is 303 g/mol. The monoisotopic (exact) mass is 320 g/mol. The summed E-state index contributed by atoms with van der Waals surface area (Å²) in [7, 11) is -3.74. The Morgan fingerprint density at radius 2 is 2.20 bits per heavy atom. The van der Waals surface area contributed by atoms with E-state index in [4.69, 9.17) is 17.3 Å². The molecule has 1 aliphatic rings. The van der Waals surface area contributed by atoms with Gasteiger partial charge in [-0.25, -0.2) is 12.8 Å². The van der Waals surface area contributed by atoms with Crippen molar-refractivity contribution in [2.45, 2.75) is 30.7 Å².